The number of carboxylic acids is 1. The van der Waals surface area contributed by atoms with E-state index < -0.39 is 5.97 Å². The third-order valence-electron chi connectivity index (χ3n) is 7.82. The Balaban J connectivity index is 1.32. The fraction of sp³-hybridized carbons (Fsp3) is 0.206. The lowest BCUT2D eigenvalue weighted by Gasteiger charge is -2.25. The first-order valence-electron chi connectivity index (χ1n) is 13.8. The molecule has 0 atom stereocenters. The number of imidazole rings is 1. The van der Waals surface area contributed by atoms with Crippen LogP contribution in [0.25, 0.3) is 22.4 Å². The molecule has 4 aromatic carbocycles. The Labute approximate surface area is 233 Å². The SMILES string of the molecule is O=C(O)c1ccc2c(c1)nc(-c1ccc(C(=O)NC(c3ccccc3)c3ccccc3)cc1)n2C1CCCCC1. The summed E-state index contributed by atoms with van der Waals surface area (Å²) in [5, 5.41) is 12.7. The zero-order chi connectivity index (χ0) is 27.5. The molecule has 6 nitrogen and oxygen atoms in total. The number of nitrogens with zero attached hydrogens (tertiary/aromatic N) is 2. The molecule has 1 saturated carbocycles. The van der Waals surface area contributed by atoms with Crippen molar-refractivity contribution in [2.45, 2.75) is 44.2 Å². The highest BCUT2D eigenvalue weighted by atomic mass is 16.4. The van der Waals surface area contributed by atoms with E-state index in [9.17, 15) is 14.7 Å². The van der Waals surface area contributed by atoms with Gasteiger partial charge in [0.05, 0.1) is 22.6 Å². The number of aromatic carboxylic acids is 1. The van der Waals surface area contributed by atoms with Gasteiger partial charge in [0.15, 0.2) is 0 Å². The van der Waals surface area contributed by atoms with E-state index in [0.717, 1.165) is 40.9 Å². The van der Waals surface area contributed by atoms with Gasteiger partial charge in [-0.25, -0.2) is 9.78 Å². The van der Waals surface area contributed by atoms with Crippen molar-refractivity contribution in [1.29, 1.82) is 0 Å². The third-order valence-corrected chi connectivity index (χ3v) is 7.82. The fourth-order valence-electron chi connectivity index (χ4n) is 5.78. The number of hydrogen-bond donors (Lipinski definition) is 2. The number of benzene rings is 4. The Kier molecular flexibility index (Phi) is 7.15. The maximum Gasteiger partial charge on any atom is 0.335 e. The first-order chi connectivity index (χ1) is 19.6. The van der Waals surface area contributed by atoms with Gasteiger partial charge < -0.3 is 15.0 Å². The van der Waals surface area contributed by atoms with Crippen molar-refractivity contribution in [1.82, 2.24) is 14.9 Å². The van der Waals surface area contributed by atoms with Gasteiger partial charge in [0.1, 0.15) is 5.82 Å². The smallest absolute Gasteiger partial charge is 0.335 e. The van der Waals surface area contributed by atoms with Gasteiger partial charge in [-0.2, -0.15) is 0 Å². The number of rotatable bonds is 7. The topological polar surface area (TPSA) is 84.2 Å². The Morgan fingerprint density at radius 1 is 0.775 bits per heavy atom. The van der Waals surface area contributed by atoms with Gasteiger partial charge in [-0.1, -0.05) is 92.1 Å². The number of amides is 1. The van der Waals surface area contributed by atoms with Crippen LogP contribution in [0.3, 0.4) is 0 Å². The number of carbonyl (C=O) groups is 2. The van der Waals surface area contributed by atoms with Gasteiger partial charge in [-0.05, 0) is 54.3 Å². The highest BCUT2D eigenvalue weighted by molar-refractivity contribution is 5.96. The second-order valence-corrected chi connectivity index (χ2v) is 10.4. The molecule has 1 amide bonds. The Bertz CT molecular complexity index is 1600. The summed E-state index contributed by atoms with van der Waals surface area (Å²) in [6, 6.07) is 32.7. The minimum atomic E-state index is -0.963. The van der Waals surface area contributed by atoms with Crippen LogP contribution in [-0.2, 0) is 0 Å². The van der Waals surface area contributed by atoms with Crippen LogP contribution in [-0.4, -0.2) is 26.5 Å². The molecule has 0 bridgehead atoms. The van der Waals surface area contributed by atoms with Crippen LogP contribution >= 0.6 is 0 Å². The maximum atomic E-state index is 13.4. The van der Waals surface area contributed by atoms with E-state index in [1.807, 2.05) is 91.0 Å². The van der Waals surface area contributed by atoms with Crippen molar-refractivity contribution >= 4 is 22.9 Å². The van der Waals surface area contributed by atoms with E-state index in [4.69, 9.17) is 4.98 Å². The molecule has 0 radical (unpaired) electrons. The highest BCUT2D eigenvalue weighted by Gasteiger charge is 2.24. The summed E-state index contributed by atoms with van der Waals surface area (Å²) in [5.41, 5.74) is 5.34. The average molecular weight is 530 g/mol. The monoisotopic (exact) mass is 529 g/mol. The molecule has 0 unspecified atom stereocenters. The predicted molar refractivity (Wildman–Crippen MR) is 156 cm³/mol. The van der Waals surface area contributed by atoms with Crippen molar-refractivity contribution in [3.8, 4) is 11.4 Å². The van der Waals surface area contributed by atoms with Crippen molar-refractivity contribution in [2.75, 3.05) is 0 Å². The second-order valence-electron chi connectivity index (χ2n) is 10.4. The fourth-order valence-corrected chi connectivity index (χ4v) is 5.78. The van der Waals surface area contributed by atoms with E-state index in [0.29, 0.717) is 17.1 Å². The minimum Gasteiger partial charge on any atom is -0.478 e. The summed E-state index contributed by atoms with van der Waals surface area (Å²) >= 11 is 0. The Hall–Kier alpha value is -4.71. The van der Waals surface area contributed by atoms with Gasteiger partial charge in [0, 0.05) is 17.2 Å². The Morgan fingerprint density at radius 2 is 1.38 bits per heavy atom. The molecular formula is C34H31N3O3. The quantitative estimate of drug-likeness (QED) is 0.230. The number of hydrogen-bond acceptors (Lipinski definition) is 3. The molecule has 6 heteroatoms. The van der Waals surface area contributed by atoms with Crippen LogP contribution < -0.4 is 5.32 Å². The number of carboxylic acid groups (broad SMARTS) is 1. The Morgan fingerprint density at radius 3 is 1.98 bits per heavy atom. The average Bonchev–Trinajstić information content (AvgIpc) is 3.40. The predicted octanol–water partition coefficient (Wildman–Crippen LogP) is 7.43. The van der Waals surface area contributed by atoms with Crippen molar-refractivity contribution in [3.63, 3.8) is 0 Å². The zero-order valence-corrected chi connectivity index (χ0v) is 22.2. The maximum absolute atomic E-state index is 13.4. The van der Waals surface area contributed by atoms with E-state index in [2.05, 4.69) is 9.88 Å². The molecule has 0 saturated heterocycles. The van der Waals surface area contributed by atoms with E-state index >= 15 is 0 Å². The van der Waals surface area contributed by atoms with Crippen LogP contribution in [0.5, 0.6) is 0 Å². The van der Waals surface area contributed by atoms with Gasteiger partial charge >= 0.3 is 5.97 Å². The molecule has 1 aromatic heterocycles. The van der Waals surface area contributed by atoms with E-state index in [-0.39, 0.29) is 17.5 Å². The lowest BCUT2D eigenvalue weighted by molar-refractivity contribution is 0.0696. The van der Waals surface area contributed by atoms with Crippen LogP contribution in [0.2, 0.25) is 0 Å². The summed E-state index contributed by atoms with van der Waals surface area (Å²) in [6.07, 6.45) is 5.71. The van der Waals surface area contributed by atoms with Gasteiger partial charge in [-0.3, -0.25) is 4.79 Å². The summed E-state index contributed by atoms with van der Waals surface area (Å²) in [6.45, 7) is 0. The minimum absolute atomic E-state index is 0.156. The molecule has 5 aromatic rings. The number of aromatic nitrogens is 2. The number of carbonyl (C=O) groups excluding carboxylic acids is 1. The van der Waals surface area contributed by atoms with Crippen LogP contribution in [0.4, 0.5) is 0 Å². The highest BCUT2D eigenvalue weighted by Crippen LogP contribution is 2.36. The normalized spacial score (nSPS) is 13.9. The number of nitrogens with one attached hydrogen (secondary N) is 1. The lowest BCUT2D eigenvalue weighted by Crippen LogP contribution is -2.29. The van der Waals surface area contributed by atoms with Crippen LogP contribution in [0, 0.1) is 0 Å². The summed E-state index contributed by atoms with van der Waals surface area (Å²) in [4.78, 5) is 29.9. The van der Waals surface area contributed by atoms with Gasteiger partial charge in [0.25, 0.3) is 5.91 Å². The largest absolute Gasteiger partial charge is 0.478 e. The summed E-state index contributed by atoms with van der Waals surface area (Å²) in [7, 11) is 0. The van der Waals surface area contributed by atoms with Crippen LogP contribution in [0.1, 0.15) is 76.0 Å². The first kappa shape index (κ1) is 25.6. The van der Waals surface area contributed by atoms with Crippen molar-refractivity contribution < 1.29 is 14.7 Å². The number of fused-ring (bicyclic) bond motifs is 1. The van der Waals surface area contributed by atoms with Gasteiger partial charge in [-0.15, -0.1) is 0 Å². The van der Waals surface area contributed by atoms with Crippen molar-refractivity contribution in [3.05, 3.63) is 125 Å². The molecule has 200 valence electrons. The molecular weight excluding hydrogens is 498 g/mol. The molecule has 0 spiro atoms. The molecule has 1 heterocycles. The zero-order valence-electron chi connectivity index (χ0n) is 22.2. The summed E-state index contributed by atoms with van der Waals surface area (Å²) in [5.74, 6) is -0.311. The van der Waals surface area contributed by atoms with Gasteiger partial charge in [0.2, 0.25) is 0 Å². The molecule has 2 N–H and O–H groups in total. The van der Waals surface area contributed by atoms with Crippen LogP contribution in [0.15, 0.2) is 103 Å². The molecule has 0 aliphatic heterocycles. The standard InChI is InChI=1S/C34H31N3O3/c38-33(36-31(23-10-4-1-5-11-23)24-12-6-2-7-13-24)26-18-16-25(17-19-26)32-35-29-22-27(34(39)40)20-21-30(29)37(32)28-14-8-3-9-15-28/h1-2,4-7,10-13,16-22,28,31H,3,8-9,14-15H2,(H,36,38)(H,39,40). The third kappa shape index (κ3) is 5.13. The molecule has 1 aliphatic carbocycles. The molecule has 1 fully saturated rings. The molecule has 6 rings (SSSR count). The molecule has 1 aliphatic rings. The first-order valence-corrected chi connectivity index (χ1v) is 13.8. The van der Waals surface area contributed by atoms with Crippen molar-refractivity contribution in [2.24, 2.45) is 0 Å². The second kappa shape index (κ2) is 11.2. The van der Waals surface area contributed by atoms with E-state index in [1.54, 1.807) is 12.1 Å². The molecule has 40 heavy (non-hydrogen) atoms. The summed E-state index contributed by atoms with van der Waals surface area (Å²) < 4.78 is 2.27. The lowest BCUT2D eigenvalue weighted by atomic mass is 9.94. The van der Waals surface area contributed by atoms with E-state index in [1.165, 1.54) is 19.3 Å².